The summed E-state index contributed by atoms with van der Waals surface area (Å²) in [6, 6.07) is 46.1. The van der Waals surface area contributed by atoms with E-state index in [-0.39, 0.29) is 65.4 Å². The highest BCUT2D eigenvalue weighted by molar-refractivity contribution is 5.79. The van der Waals surface area contributed by atoms with Crippen molar-refractivity contribution in [1.29, 1.82) is 0 Å². The fourth-order valence-electron chi connectivity index (χ4n) is 15.8. The number of carbonyl (C=O) groups is 1. The fourth-order valence-corrected chi connectivity index (χ4v) is 15.8. The van der Waals surface area contributed by atoms with Gasteiger partial charge in [0.05, 0.1) is 25.4 Å². The van der Waals surface area contributed by atoms with Crippen LogP contribution in [0.2, 0.25) is 0 Å². The molecular formula is C101H119F9O7. The zero-order chi connectivity index (χ0) is 83.5. The topological polar surface area (TPSA) is 83.5 Å². The predicted molar refractivity (Wildman–Crippen MR) is 456 cm³/mol. The average Bonchev–Trinajstić information content (AvgIpc) is 0.913. The predicted octanol–water partition coefficient (Wildman–Crippen LogP) is 29.2. The van der Waals surface area contributed by atoms with E-state index < -0.39 is 46.3 Å². The Morgan fingerprint density at radius 1 is 0.368 bits per heavy atom. The van der Waals surface area contributed by atoms with Crippen molar-refractivity contribution >= 4 is 11.4 Å². The first-order valence-electron chi connectivity index (χ1n) is 42.9. The third-order valence-corrected chi connectivity index (χ3v) is 22.7. The second kappa shape index (κ2) is 48.2. The molecule has 0 amide bonds. The molecule has 3 aliphatic carbocycles. The molecule has 7 nitrogen and oxygen atoms in total. The van der Waals surface area contributed by atoms with Gasteiger partial charge in [-0.25, -0.2) is 26.3 Å². The van der Waals surface area contributed by atoms with Crippen LogP contribution in [0.25, 0.3) is 72.3 Å². The maximum absolute atomic E-state index is 15.2. The van der Waals surface area contributed by atoms with Crippen LogP contribution >= 0.6 is 0 Å². The summed E-state index contributed by atoms with van der Waals surface area (Å²) in [5.41, 5.74) is 7.59. The second-order valence-corrected chi connectivity index (χ2v) is 31.1. The van der Waals surface area contributed by atoms with E-state index >= 15 is 8.78 Å². The molecule has 117 heavy (non-hydrogen) atoms. The van der Waals surface area contributed by atoms with Crippen LogP contribution in [0.1, 0.15) is 226 Å². The van der Waals surface area contributed by atoms with E-state index in [0.717, 1.165) is 117 Å². The van der Waals surface area contributed by atoms with Crippen molar-refractivity contribution in [1.82, 2.24) is 0 Å². The van der Waals surface area contributed by atoms with E-state index in [0.29, 0.717) is 57.9 Å². The highest BCUT2D eigenvalue weighted by Crippen LogP contribution is 2.44. The van der Waals surface area contributed by atoms with Crippen LogP contribution < -0.4 is 14.2 Å². The second-order valence-electron chi connectivity index (χ2n) is 31.1. The Morgan fingerprint density at radius 2 is 0.726 bits per heavy atom. The average molecular weight is 1620 g/mol. The molecule has 1 unspecified atom stereocenters. The van der Waals surface area contributed by atoms with E-state index in [1.165, 1.54) is 170 Å². The molecule has 0 aromatic heterocycles. The molecule has 14 rings (SSSR count). The fraction of sp³-hybridized carbons (Fsp3) is 0.436. The number of unbranched alkanes of at least 4 members (excludes halogenated alkanes) is 6. The monoisotopic (exact) mass is 1610 g/mol. The summed E-state index contributed by atoms with van der Waals surface area (Å²) in [7, 11) is 0. The highest BCUT2D eigenvalue weighted by Gasteiger charge is 2.37. The largest absolute Gasteiger partial charge is 0.491 e. The van der Waals surface area contributed by atoms with Crippen molar-refractivity contribution < 1.29 is 73.1 Å². The molecular weight excluding hydrogens is 1500 g/mol. The number of rotatable bonds is 26. The summed E-state index contributed by atoms with van der Waals surface area (Å²) in [6.07, 6.45) is 32.8. The molecule has 4 fully saturated rings. The number of aliphatic hydroxyl groups is 1. The van der Waals surface area contributed by atoms with Crippen LogP contribution in [0, 0.1) is 70.1 Å². The van der Waals surface area contributed by atoms with Crippen molar-refractivity contribution in [3.63, 3.8) is 0 Å². The Balaban J connectivity index is 0.000000179. The van der Waals surface area contributed by atoms with Gasteiger partial charge in [0.15, 0.2) is 34.7 Å². The van der Waals surface area contributed by atoms with Gasteiger partial charge in [-0.2, -0.15) is 13.2 Å². The summed E-state index contributed by atoms with van der Waals surface area (Å²) in [5.74, 6) is -4.41. The standard InChI is InChI=1S/C31H35F3O2.C31H33F3O.C20H15F3O.C11H20O.2C4H8O/c1-3-5-6-7-21-16-18-31(35,19-17-21)26-14-12-24(20-27(26)32)22-8-10-23(11-9-22)25-13-15-28(36-4-2)30(34)29(25)33;1-3-5-6-7-21-8-10-23(11-9-21)26-17-16-25(20-28(26)32)22-12-14-24(15-13-22)27-18-19-29(35-4-2)31(34)30(27)33;1-2-24-18-11-10-17(19(22)20(18)23)14-8-6-13(7-9-14)15-4-3-5-16(21)12-15;1-2-3-4-5-10-6-8-11(12)9-7-10;2*1-2-4-5-3-1/h8-15,20-21,35H,3-7,16-19H2,1-2H3;10,12-21H,3-9,11H2,1-2H3;3-12H,2H2,1H3;10H,2-9H2,1H3;2*1-4H2. The molecule has 16 heteroatoms. The maximum atomic E-state index is 15.2. The van der Waals surface area contributed by atoms with Crippen LogP contribution in [0.4, 0.5) is 39.5 Å². The number of hydrogen-bond donors (Lipinski definition) is 1. The van der Waals surface area contributed by atoms with Gasteiger partial charge in [-0.1, -0.05) is 213 Å². The smallest absolute Gasteiger partial charge is 0.201 e. The first-order chi connectivity index (χ1) is 56.8. The van der Waals surface area contributed by atoms with Gasteiger partial charge in [-0.05, 0) is 238 Å². The molecule has 9 aromatic rings. The van der Waals surface area contributed by atoms with Gasteiger partial charge in [0.1, 0.15) is 23.2 Å². The lowest BCUT2D eigenvalue weighted by molar-refractivity contribution is -0.121. The number of carbonyl (C=O) groups excluding carboxylic acids is 1. The maximum Gasteiger partial charge on any atom is 0.201 e. The van der Waals surface area contributed by atoms with Crippen LogP contribution in [0.3, 0.4) is 0 Å². The van der Waals surface area contributed by atoms with Crippen LogP contribution in [-0.2, 0) is 19.9 Å². The van der Waals surface area contributed by atoms with Gasteiger partial charge < -0.3 is 28.8 Å². The van der Waals surface area contributed by atoms with E-state index in [2.05, 4.69) is 26.8 Å². The zero-order valence-corrected chi connectivity index (χ0v) is 69.3. The number of hydrogen-bond acceptors (Lipinski definition) is 7. The molecule has 0 spiro atoms. The molecule has 1 atom stereocenters. The van der Waals surface area contributed by atoms with Crippen LogP contribution in [0.15, 0.2) is 176 Å². The molecule has 2 heterocycles. The van der Waals surface area contributed by atoms with Crippen molar-refractivity contribution in [3.05, 3.63) is 239 Å². The lowest BCUT2D eigenvalue weighted by atomic mass is 9.73. The number of ether oxygens (including phenoxy) is 5. The number of halogens is 9. The Bertz CT molecular complexity index is 4510. The van der Waals surface area contributed by atoms with E-state index in [1.54, 1.807) is 118 Å². The third kappa shape index (κ3) is 27.3. The minimum atomic E-state index is -1.12. The molecule has 0 radical (unpaired) electrons. The van der Waals surface area contributed by atoms with Gasteiger partial charge in [0, 0.05) is 67.1 Å². The molecule has 1 N–H and O–H groups in total. The lowest BCUT2D eigenvalue weighted by Gasteiger charge is -2.36. The number of ketones is 1. The molecule has 2 aliphatic heterocycles. The van der Waals surface area contributed by atoms with E-state index in [4.69, 9.17) is 23.7 Å². The SMILES string of the molecule is C1CCOC1.C1CCOC1.CCCCCC1CC=C(c2ccc(-c3ccc(-c4ccc(OCC)c(F)c4F)cc3)cc2F)CC1.CCCCCC1CCC(=O)CC1.CCCCCC1CCC(O)(c2ccc(-c3ccc(-c4ccc(OCC)c(F)c4F)cc3)cc2F)CC1.CCOc1ccc(-c2ccc(-c3cccc(F)c3)cc2)c(F)c1F. The first-order valence-corrected chi connectivity index (χ1v) is 42.9. The van der Waals surface area contributed by atoms with Gasteiger partial charge in [-0.3, -0.25) is 4.79 Å². The third-order valence-electron chi connectivity index (χ3n) is 22.7. The Labute approximate surface area is 688 Å². The first kappa shape index (κ1) is 91.9. The highest BCUT2D eigenvalue weighted by atomic mass is 19.2. The van der Waals surface area contributed by atoms with E-state index in [1.807, 2.05) is 18.2 Å². The summed E-state index contributed by atoms with van der Waals surface area (Å²) in [5, 5.41) is 11.2. The van der Waals surface area contributed by atoms with Crippen molar-refractivity contribution in [2.24, 2.45) is 17.8 Å². The summed E-state index contributed by atoms with van der Waals surface area (Å²) >= 11 is 0. The van der Waals surface area contributed by atoms with Crippen LogP contribution in [-0.4, -0.2) is 57.1 Å². The normalized spacial score (nSPS) is 17.1. The minimum Gasteiger partial charge on any atom is -0.491 e. The van der Waals surface area contributed by atoms with Crippen molar-refractivity contribution in [2.75, 3.05) is 46.2 Å². The van der Waals surface area contributed by atoms with Gasteiger partial charge in [0.2, 0.25) is 17.5 Å². The Morgan fingerprint density at radius 3 is 1.09 bits per heavy atom. The van der Waals surface area contributed by atoms with Crippen LogP contribution in [0.5, 0.6) is 17.2 Å². The number of allylic oxidation sites excluding steroid dienone is 2. The zero-order valence-electron chi connectivity index (χ0n) is 69.3. The summed E-state index contributed by atoms with van der Waals surface area (Å²) in [4.78, 5) is 10.9. The molecule has 628 valence electrons. The Hall–Kier alpha value is -8.96. The molecule has 5 aliphatic rings. The molecule has 0 bridgehead atoms. The van der Waals surface area contributed by atoms with Crippen molar-refractivity contribution in [3.8, 4) is 84.0 Å². The van der Waals surface area contributed by atoms with Crippen molar-refractivity contribution in [2.45, 2.75) is 221 Å². The number of Topliss-reactive ketones (excluding diaryl/α,β-unsaturated/α-hetero) is 1. The molecule has 9 aromatic carbocycles. The molecule has 2 saturated heterocycles. The quantitative estimate of drug-likeness (QED) is 0.0427. The lowest BCUT2D eigenvalue weighted by Crippen LogP contribution is -2.32. The van der Waals surface area contributed by atoms with Gasteiger partial charge in [-0.15, -0.1) is 0 Å². The summed E-state index contributed by atoms with van der Waals surface area (Å²) in [6.45, 7) is 16.6. The number of benzene rings is 9. The molecule has 2 saturated carbocycles. The summed E-state index contributed by atoms with van der Waals surface area (Å²) < 4.78 is 155. The Kier molecular flexibility index (Phi) is 37.9. The van der Waals surface area contributed by atoms with Gasteiger partial charge in [0.25, 0.3) is 0 Å². The minimum absolute atomic E-state index is 0.0963. The van der Waals surface area contributed by atoms with E-state index in [9.17, 15) is 40.6 Å². The van der Waals surface area contributed by atoms with Gasteiger partial charge >= 0.3 is 0 Å².